The van der Waals surface area contributed by atoms with E-state index in [1.807, 2.05) is 30.3 Å². The summed E-state index contributed by atoms with van der Waals surface area (Å²) in [6, 6.07) is 7.94. The van der Waals surface area contributed by atoms with Crippen LogP contribution in [0.5, 0.6) is 0 Å². The van der Waals surface area contributed by atoms with E-state index in [2.05, 4.69) is 10.3 Å². The topological polar surface area (TPSA) is 71.5 Å². The summed E-state index contributed by atoms with van der Waals surface area (Å²) in [7, 11) is 0. The van der Waals surface area contributed by atoms with Crippen LogP contribution in [0.25, 0.3) is 10.8 Å². The van der Waals surface area contributed by atoms with E-state index in [0.29, 0.717) is 5.69 Å². The number of rotatable bonds is 4. The van der Waals surface area contributed by atoms with Gasteiger partial charge < -0.3 is 10.1 Å². The van der Waals surface area contributed by atoms with Crippen molar-refractivity contribution in [3.05, 3.63) is 42.2 Å². The number of carbonyl (C=O) groups is 2. The smallest absolute Gasteiger partial charge is 0.410 e. The number of hydrogen-bond acceptors (Lipinski definition) is 4. The summed E-state index contributed by atoms with van der Waals surface area (Å²) in [4.78, 5) is 30.6. The lowest BCUT2D eigenvalue weighted by Crippen LogP contribution is -2.49. The van der Waals surface area contributed by atoms with Crippen molar-refractivity contribution in [2.75, 3.05) is 6.54 Å². The predicted molar refractivity (Wildman–Crippen MR) is 114 cm³/mol. The second-order valence-corrected chi connectivity index (χ2v) is 9.46. The average molecular weight is 433 g/mol. The largest absolute Gasteiger partial charge is 0.444 e. The lowest BCUT2D eigenvalue weighted by molar-refractivity contribution is -0.127. The van der Waals surface area contributed by atoms with Crippen molar-refractivity contribution in [2.24, 2.45) is 0 Å². The van der Waals surface area contributed by atoms with Crippen LogP contribution in [0.1, 0.15) is 53.2 Å². The summed E-state index contributed by atoms with van der Waals surface area (Å²) in [6.45, 7) is 8.39. The number of nitrogens with zero attached hydrogens (tertiary/aromatic N) is 2. The van der Waals surface area contributed by atoms with E-state index in [1.165, 1.54) is 0 Å². The van der Waals surface area contributed by atoms with Gasteiger partial charge in [-0.25, -0.2) is 13.6 Å². The third-order valence-electron chi connectivity index (χ3n) is 5.27. The molecule has 2 amide bonds. The van der Waals surface area contributed by atoms with Crippen molar-refractivity contribution in [3.8, 4) is 0 Å². The van der Waals surface area contributed by atoms with E-state index in [4.69, 9.17) is 4.74 Å². The summed E-state index contributed by atoms with van der Waals surface area (Å²) in [5, 5.41) is 4.66. The van der Waals surface area contributed by atoms with Crippen LogP contribution in [-0.4, -0.2) is 46.0 Å². The quantitative estimate of drug-likeness (QED) is 0.764. The number of carbonyl (C=O) groups excluding carboxylic acids is 2. The molecule has 1 saturated heterocycles. The predicted octanol–water partition coefficient (Wildman–Crippen LogP) is 4.62. The minimum absolute atomic E-state index is 0.159. The van der Waals surface area contributed by atoms with Crippen LogP contribution in [-0.2, 0) is 15.1 Å². The molecule has 0 unspecified atom stereocenters. The van der Waals surface area contributed by atoms with Crippen molar-refractivity contribution in [3.63, 3.8) is 0 Å². The van der Waals surface area contributed by atoms with Gasteiger partial charge in [-0.2, -0.15) is 0 Å². The highest BCUT2D eigenvalue weighted by Gasteiger charge is 2.52. The van der Waals surface area contributed by atoms with Gasteiger partial charge in [0.05, 0.1) is 17.7 Å². The molecule has 1 aromatic carbocycles. The lowest BCUT2D eigenvalue weighted by atomic mass is 9.94. The molecule has 1 N–H and O–H groups in total. The first-order valence-electron chi connectivity index (χ1n) is 10.3. The number of alkyl halides is 2. The zero-order valence-corrected chi connectivity index (χ0v) is 18.5. The molecule has 0 radical (unpaired) electrons. The number of amides is 2. The van der Waals surface area contributed by atoms with Gasteiger partial charge >= 0.3 is 6.09 Å². The minimum Gasteiger partial charge on any atom is -0.444 e. The normalized spacial score (nSPS) is 18.8. The van der Waals surface area contributed by atoms with Gasteiger partial charge in [-0.05, 0) is 46.1 Å². The van der Waals surface area contributed by atoms with Gasteiger partial charge in [0.2, 0.25) is 5.91 Å². The lowest BCUT2D eigenvalue weighted by Gasteiger charge is -2.32. The Kier molecular flexibility index (Phi) is 5.95. The first kappa shape index (κ1) is 22.9. The first-order chi connectivity index (χ1) is 14.3. The number of pyridine rings is 1. The van der Waals surface area contributed by atoms with Gasteiger partial charge in [-0.1, -0.05) is 24.3 Å². The Morgan fingerprint density at radius 1 is 1.19 bits per heavy atom. The Bertz CT molecular complexity index is 980. The molecule has 6 nitrogen and oxygen atoms in total. The Labute approximate surface area is 181 Å². The summed E-state index contributed by atoms with van der Waals surface area (Å²) >= 11 is 0. The summed E-state index contributed by atoms with van der Waals surface area (Å²) in [5.41, 5.74) is -1.08. The highest BCUT2D eigenvalue weighted by Crippen LogP contribution is 2.37. The third-order valence-corrected chi connectivity index (χ3v) is 5.27. The van der Waals surface area contributed by atoms with Gasteiger partial charge in [0.1, 0.15) is 11.6 Å². The Balaban J connectivity index is 1.78. The van der Waals surface area contributed by atoms with Crippen LogP contribution < -0.4 is 5.32 Å². The monoisotopic (exact) mass is 433 g/mol. The van der Waals surface area contributed by atoms with Gasteiger partial charge in [0.25, 0.3) is 5.92 Å². The fraction of sp³-hybridized carbons (Fsp3) is 0.522. The van der Waals surface area contributed by atoms with Crippen molar-refractivity contribution >= 4 is 22.8 Å². The van der Waals surface area contributed by atoms with Crippen molar-refractivity contribution in [1.82, 2.24) is 15.2 Å². The fourth-order valence-corrected chi connectivity index (χ4v) is 3.87. The van der Waals surface area contributed by atoms with Crippen molar-refractivity contribution < 1.29 is 23.1 Å². The van der Waals surface area contributed by atoms with Crippen LogP contribution >= 0.6 is 0 Å². The van der Waals surface area contributed by atoms with E-state index in [0.717, 1.165) is 15.7 Å². The molecule has 3 rings (SSSR count). The Morgan fingerprint density at radius 2 is 1.87 bits per heavy atom. The molecule has 0 aliphatic carbocycles. The zero-order chi connectivity index (χ0) is 23.0. The van der Waals surface area contributed by atoms with Crippen LogP contribution in [0.4, 0.5) is 13.6 Å². The molecule has 1 aliphatic rings. The third kappa shape index (κ3) is 5.11. The molecule has 1 atom stereocenters. The van der Waals surface area contributed by atoms with E-state index in [1.54, 1.807) is 40.8 Å². The van der Waals surface area contributed by atoms with Gasteiger partial charge in [0, 0.05) is 24.5 Å². The first-order valence-corrected chi connectivity index (χ1v) is 10.3. The van der Waals surface area contributed by atoms with Gasteiger partial charge in [0.15, 0.2) is 0 Å². The number of ether oxygens (including phenoxy) is 1. The van der Waals surface area contributed by atoms with E-state index in [-0.39, 0.29) is 6.54 Å². The van der Waals surface area contributed by atoms with Gasteiger partial charge in [-0.3, -0.25) is 14.7 Å². The molecule has 1 fully saturated rings. The van der Waals surface area contributed by atoms with E-state index in [9.17, 15) is 18.4 Å². The van der Waals surface area contributed by atoms with Crippen LogP contribution in [0.3, 0.4) is 0 Å². The number of likely N-dealkylation sites (tertiary alicyclic amines) is 1. The minimum atomic E-state index is -3.17. The maximum absolute atomic E-state index is 14.5. The number of benzene rings is 1. The van der Waals surface area contributed by atoms with Crippen LogP contribution in [0.2, 0.25) is 0 Å². The van der Waals surface area contributed by atoms with Crippen molar-refractivity contribution in [1.29, 1.82) is 0 Å². The standard InChI is InChI=1S/C23H29F2N3O3/c1-21(2,3)31-20(30)28-13-11-23(24,25)17(28)14-18(29)27-22(4,5)19-16-9-7-6-8-15(16)10-12-26-19/h6-10,12,17H,11,13-14H2,1-5H3,(H,27,29)/t17-/m0/s1. The number of hydrogen-bond donors (Lipinski definition) is 1. The summed E-state index contributed by atoms with van der Waals surface area (Å²) < 4.78 is 34.3. The maximum Gasteiger partial charge on any atom is 0.410 e. The molecule has 0 bridgehead atoms. The molecule has 8 heteroatoms. The van der Waals surface area contributed by atoms with Gasteiger partial charge in [-0.15, -0.1) is 0 Å². The molecular weight excluding hydrogens is 404 g/mol. The second kappa shape index (κ2) is 8.05. The molecule has 0 spiro atoms. The maximum atomic E-state index is 14.5. The van der Waals surface area contributed by atoms with Crippen LogP contribution in [0.15, 0.2) is 36.5 Å². The van der Waals surface area contributed by atoms with E-state index >= 15 is 0 Å². The number of aromatic nitrogens is 1. The Morgan fingerprint density at radius 3 is 2.55 bits per heavy atom. The zero-order valence-electron chi connectivity index (χ0n) is 18.5. The SMILES string of the molecule is CC(C)(C)OC(=O)N1CCC(F)(F)[C@@H]1CC(=O)NC(C)(C)c1nccc2ccccc12. The number of nitrogens with one attached hydrogen (secondary N) is 1. The molecule has 31 heavy (non-hydrogen) atoms. The fourth-order valence-electron chi connectivity index (χ4n) is 3.87. The van der Waals surface area contributed by atoms with Crippen molar-refractivity contribution in [2.45, 2.75) is 70.6 Å². The molecule has 0 saturated carbocycles. The molecule has 1 aliphatic heterocycles. The summed E-state index contributed by atoms with van der Waals surface area (Å²) in [5.74, 6) is -3.75. The summed E-state index contributed by atoms with van der Waals surface area (Å²) in [6.07, 6.45) is -0.211. The average Bonchev–Trinajstić information content (AvgIpc) is 2.94. The molecule has 168 valence electrons. The highest BCUT2D eigenvalue weighted by molar-refractivity contribution is 5.86. The number of fused-ring (bicyclic) bond motifs is 1. The van der Waals surface area contributed by atoms with Crippen LogP contribution in [0, 0.1) is 0 Å². The molecular formula is C23H29F2N3O3. The number of halogens is 2. The molecule has 2 heterocycles. The Hall–Kier alpha value is -2.77. The highest BCUT2D eigenvalue weighted by atomic mass is 19.3. The second-order valence-electron chi connectivity index (χ2n) is 9.46. The molecule has 2 aromatic rings. The molecule has 1 aromatic heterocycles. The van der Waals surface area contributed by atoms with E-state index < -0.39 is 47.9 Å².